The van der Waals surface area contributed by atoms with Crippen LogP contribution in [0.2, 0.25) is 0 Å². The maximum Gasteiger partial charge on any atom is 0.328 e. The fraction of sp³-hybridized carbons (Fsp3) is 0.818. The Balaban J connectivity index is 4.34. The zero-order valence-electron chi connectivity index (χ0n) is 10.3. The average molecular weight is 231 g/mol. The molecule has 2 N–H and O–H groups in total. The first kappa shape index (κ1) is 14.9. The first-order valence-electron chi connectivity index (χ1n) is 5.52. The van der Waals surface area contributed by atoms with Crippen LogP contribution >= 0.6 is 0 Å². The molecule has 0 aromatic carbocycles. The highest BCUT2D eigenvalue weighted by Crippen LogP contribution is 2.05. The van der Waals surface area contributed by atoms with Crippen molar-refractivity contribution in [2.24, 2.45) is 5.92 Å². The van der Waals surface area contributed by atoms with Crippen LogP contribution in [0.5, 0.6) is 0 Å². The van der Waals surface area contributed by atoms with Crippen LogP contribution in [0.3, 0.4) is 0 Å². The first-order valence-corrected chi connectivity index (χ1v) is 5.52. The van der Waals surface area contributed by atoms with Crippen LogP contribution in [0.1, 0.15) is 34.1 Å². The Morgan fingerprint density at radius 3 is 2.25 bits per heavy atom. The van der Waals surface area contributed by atoms with E-state index in [-0.39, 0.29) is 24.9 Å². The van der Waals surface area contributed by atoms with E-state index < -0.39 is 18.1 Å². The molecule has 0 heterocycles. The molecule has 0 saturated carbocycles. The van der Waals surface area contributed by atoms with Gasteiger partial charge in [-0.2, -0.15) is 0 Å². The van der Waals surface area contributed by atoms with Gasteiger partial charge in [0.15, 0.2) is 0 Å². The van der Waals surface area contributed by atoms with Gasteiger partial charge >= 0.3 is 5.97 Å². The second kappa shape index (κ2) is 7.22. The van der Waals surface area contributed by atoms with Gasteiger partial charge < -0.3 is 15.2 Å². The van der Waals surface area contributed by atoms with E-state index in [1.807, 2.05) is 13.8 Å². The molecule has 0 aliphatic carbocycles. The van der Waals surface area contributed by atoms with Crippen LogP contribution < -0.4 is 5.32 Å². The van der Waals surface area contributed by atoms with Crippen molar-refractivity contribution in [2.45, 2.75) is 46.3 Å². The lowest BCUT2D eigenvalue weighted by molar-refractivity contribution is -0.148. The number of aliphatic hydroxyl groups is 1. The van der Waals surface area contributed by atoms with Crippen LogP contribution in [0.25, 0.3) is 0 Å². The summed E-state index contributed by atoms with van der Waals surface area (Å²) in [6, 6.07) is -0.647. The van der Waals surface area contributed by atoms with Crippen LogP contribution in [-0.2, 0) is 14.3 Å². The van der Waals surface area contributed by atoms with Crippen molar-refractivity contribution < 1.29 is 19.4 Å². The van der Waals surface area contributed by atoms with Crippen molar-refractivity contribution in [1.29, 1.82) is 0 Å². The summed E-state index contributed by atoms with van der Waals surface area (Å²) in [4.78, 5) is 22.9. The molecule has 0 aliphatic heterocycles. The number of carbonyl (C=O) groups is 2. The fourth-order valence-corrected chi connectivity index (χ4v) is 1.23. The maximum absolute atomic E-state index is 11.5. The van der Waals surface area contributed by atoms with Crippen LogP contribution in [-0.4, -0.2) is 35.7 Å². The van der Waals surface area contributed by atoms with Gasteiger partial charge in [-0.15, -0.1) is 0 Å². The van der Waals surface area contributed by atoms with Crippen molar-refractivity contribution in [1.82, 2.24) is 5.32 Å². The highest BCUT2D eigenvalue weighted by Gasteiger charge is 2.25. The van der Waals surface area contributed by atoms with Crippen molar-refractivity contribution in [3.63, 3.8) is 0 Å². The molecule has 0 radical (unpaired) electrons. The monoisotopic (exact) mass is 231 g/mol. The molecule has 0 aromatic heterocycles. The summed E-state index contributed by atoms with van der Waals surface area (Å²) in [5, 5.41) is 11.6. The molecule has 5 heteroatoms. The largest absolute Gasteiger partial charge is 0.464 e. The number of hydrogen-bond donors (Lipinski definition) is 2. The fourth-order valence-electron chi connectivity index (χ4n) is 1.23. The van der Waals surface area contributed by atoms with Gasteiger partial charge in [-0.05, 0) is 19.8 Å². The summed E-state index contributed by atoms with van der Waals surface area (Å²) in [5.41, 5.74) is 0. The summed E-state index contributed by atoms with van der Waals surface area (Å²) in [5.74, 6) is -0.824. The van der Waals surface area contributed by atoms with E-state index in [0.29, 0.717) is 0 Å². The van der Waals surface area contributed by atoms with Crippen molar-refractivity contribution in [3.8, 4) is 0 Å². The van der Waals surface area contributed by atoms with Crippen LogP contribution in [0.4, 0.5) is 0 Å². The topological polar surface area (TPSA) is 75.6 Å². The minimum Gasteiger partial charge on any atom is -0.464 e. The number of aliphatic hydroxyl groups excluding tert-OH is 1. The molecular formula is C11H21NO4. The van der Waals surface area contributed by atoms with Gasteiger partial charge in [-0.1, -0.05) is 13.8 Å². The number of esters is 1. The zero-order valence-corrected chi connectivity index (χ0v) is 10.3. The summed E-state index contributed by atoms with van der Waals surface area (Å²) in [6.07, 6.45) is -0.724. The molecule has 0 bridgehead atoms. The molecule has 5 nitrogen and oxygen atoms in total. The summed E-state index contributed by atoms with van der Waals surface area (Å²) >= 11 is 0. The number of rotatable bonds is 6. The number of hydrogen-bond acceptors (Lipinski definition) is 4. The summed E-state index contributed by atoms with van der Waals surface area (Å²) in [7, 11) is 0. The third-order valence-electron chi connectivity index (χ3n) is 2.00. The Morgan fingerprint density at radius 1 is 1.31 bits per heavy atom. The summed E-state index contributed by atoms with van der Waals surface area (Å²) in [6.45, 7) is 7.17. The minimum absolute atomic E-state index is 0.0113. The van der Waals surface area contributed by atoms with Gasteiger partial charge in [0.1, 0.15) is 6.04 Å². The quantitative estimate of drug-likeness (QED) is 0.651. The van der Waals surface area contributed by atoms with Gasteiger partial charge in [0.05, 0.1) is 19.1 Å². The Hall–Kier alpha value is -1.10. The van der Waals surface area contributed by atoms with Gasteiger partial charge in [-0.3, -0.25) is 4.79 Å². The average Bonchev–Trinajstić information content (AvgIpc) is 2.12. The lowest BCUT2D eigenvalue weighted by Gasteiger charge is -2.20. The molecule has 0 rings (SSSR count). The van der Waals surface area contributed by atoms with E-state index in [1.54, 1.807) is 6.92 Å². The van der Waals surface area contributed by atoms with Gasteiger partial charge in [0, 0.05) is 0 Å². The van der Waals surface area contributed by atoms with E-state index in [9.17, 15) is 9.59 Å². The predicted octanol–water partition coefficient (Wildman–Crippen LogP) is 0.461. The molecule has 0 saturated heterocycles. The number of carbonyl (C=O) groups excluding carboxylic acids is 2. The third kappa shape index (κ3) is 5.70. The molecule has 94 valence electrons. The number of nitrogens with one attached hydrogen (secondary N) is 1. The smallest absolute Gasteiger partial charge is 0.328 e. The minimum atomic E-state index is -0.713. The molecule has 0 aromatic rings. The molecular weight excluding hydrogens is 210 g/mol. The Bertz CT molecular complexity index is 238. The van der Waals surface area contributed by atoms with E-state index in [2.05, 4.69) is 5.32 Å². The van der Waals surface area contributed by atoms with Gasteiger partial charge in [-0.25, -0.2) is 4.79 Å². The van der Waals surface area contributed by atoms with E-state index in [1.165, 1.54) is 6.92 Å². The van der Waals surface area contributed by atoms with E-state index >= 15 is 0 Å². The standard InChI is InChI=1S/C11H21NO4/c1-5-16-11(15)10(7(2)3)12-9(14)6-8(4)13/h7-8,10,13H,5-6H2,1-4H3,(H,12,14)/t8-,10+/m0/s1. The molecule has 1 amide bonds. The number of amides is 1. The molecule has 0 fully saturated rings. The molecule has 0 spiro atoms. The normalized spacial score (nSPS) is 14.4. The second-order valence-corrected chi connectivity index (χ2v) is 4.09. The first-order chi connectivity index (χ1) is 7.38. The summed E-state index contributed by atoms with van der Waals surface area (Å²) < 4.78 is 4.86. The highest BCUT2D eigenvalue weighted by atomic mass is 16.5. The Morgan fingerprint density at radius 2 is 1.88 bits per heavy atom. The predicted molar refractivity (Wildman–Crippen MR) is 59.7 cm³/mol. The molecule has 2 atom stereocenters. The molecule has 0 aliphatic rings. The number of ether oxygens (including phenoxy) is 1. The molecule has 0 unspecified atom stereocenters. The van der Waals surface area contributed by atoms with Crippen LogP contribution in [0.15, 0.2) is 0 Å². The SMILES string of the molecule is CCOC(=O)[C@H](NC(=O)C[C@H](C)O)C(C)C. The van der Waals surface area contributed by atoms with Crippen LogP contribution in [0, 0.1) is 5.92 Å². The molecule has 16 heavy (non-hydrogen) atoms. The van der Waals surface area contributed by atoms with E-state index in [0.717, 1.165) is 0 Å². The lowest BCUT2D eigenvalue weighted by atomic mass is 10.0. The Kier molecular flexibility index (Phi) is 6.72. The van der Waals surface area contributed by atoms with Crippen molar-refractivity contribution >= 4 is 11.9 Å². The van der Waals surface area contributed by atoms with E-state index in [4.69, 9.17) is 9.84 Å². The maximum atomic E-state index is 11.5. The second-order valence-electron chi connectivity index (χ2n) is 4.09. The van der Waals surface area contributed by atoms with Crippen molar-refractivity contribution in [2.75, 3.05) is 6.61 Å². The third-order valence-corrected chi connectivity index (χ3v) is 2.00. The Labute approximate surface area is 96.2 Å². The van der Waals surface area contributed by atoms with Gasteiger partial charge in [0.25, 0.3) is 0 Å². The lowest BCUT2D eigenvalue weighted by Crippen LogP contribution is -2.45. The zero-order chi connectivity index (χ0) is 12.7. The van der Waals surface area contributed by atoms with Gasteiger partial charge in [0.2, 0.25) is 5.91 Å². The highest BCUT2D eigenvalue weighted by molar-refractivity contribution is 5.84. The van der Waals surface area contributed by atoms with Crippen molar-refractivity contribution in [3.05, 3.63) is 0 Å².